The molecule has 2 rings (SSSR count). The average molecular weight is 429 g/mol. The van der Waals surface area contributed by atoms with Gasteiger partial charge in [-0.05, 0) is 55.0 Å². The monoisotopic (exact) mass is 428 g/mol. The molecule has 2 amide bonds. The lowest BCUT2D eigenvalue weighted by Crippen LogP contribution is -2.35. The number of aryl methyl sites for hydroxylation is 1. The van der Waals surface area contributed by atoms with E-state index in [0.29, 0.717) is 5.69 Å². The first-order chi connectivity index (χ1) is 12.1. The van der Waals surface area contributed by atoms with E-state index >= 15 is 0 Å². The van der Waals surface area contributed by atoms with Gasteiger partial charge < -0.3 is 10.2 Å². The van der Waals surface area contributed by atoms with Crippen molar-refractivity contribution in [1.82, 2.24) is 4.90 Å². The van der Waals surface area contributed by atoms with E-state index in [1.807, 2.05) is 13.0 Å². The van der Waals surface area contributed by atoms with E-state index in [4.69, 9.17) is 0 Å². The van der Waals surface area contributed by atoms with Crippen LogP contribution >= 0.6 is 15.9 Å². The Labute approximate surface area is 157 Å². The number of halogens is 4. The summed E-state index contributed by atoms with van der Waals surface area (Å²) in [6, 6.07) is 9.22. The van der Waals surface area contributed by atoms with E-state index in [-0.39, 0.29) is 12.1 Å². The van der Waals surface area contributed by atoms with Gasteiger partial charge in [0.25, 0.3) is 5.91 Å². The van der Waals surface area contributed by atoms with Crippen LogP contribution in [0.15, 0.2) is 46.9 Å². The molecule has 0 aliphatic rings. The highest BCUT2D eigenvalue weighted by atomic mass is 79.9. The number of nitrogens with zero attached hydrogens (tertiary/aromatic N) is 1. The maximum Gasteiger partial charge on any atom is 0.416 e. The number of nitrogens with one attached hydrogen (secondary N) is 1. The minimum Gasteiger partial charge on any atom is -0.332 e. The molecule has 0 fully saturated rings. The SMILES string of the molecule is Cc1cc(Br)ccc1NC(=O)CN(C)C(=O)c1ccc(C(F)(F)F)cc1. The first-order valence-corrected chi connectivity index (χ1v) is 8.36. The summed E-state index contributed by atoms with van der Waals surface area (Å²) in [7, 11) is 1.41. The molecule has 0 aliphatic heterocycles. The topological polar surface area (TPSA) is 49.4 Å². The van der Waals surface area contributed by atoms with Gasteiger partial charge in [-0.3, -0.25) is 9.59 Å². The lowest BCUT2D eigenvalue weighted by molar-refractivity contribution is -0.137. The largest absolute Gasteiger partial charge is 0.416 e. The Kier molecular flexibility index (Phi) is 6.07. The molecule has 0 bridgehead atoms. The molecular formula is C18H16BrF3N2O2. The normalized spacial score (nSPS) is 11.2. The van der Waals surface area contributed by atoms with Crippen molar-refractivity contribution < 1.29 is 22.8 Å². The van der Waals surface area contributed by atoms with Crippen LogP contribution in [0.4, 0.5) is 18.9 Å². The van der Waals surface area contributed by atoms with Crippen LogP contribution in [0.25, 0.3) is 0 Å². The molecule has 0 radical (unpaired) electrons. The highest BCUT2D eigenvalue weighted by molar-refractivity contribution is 9.10. The number of carbonyl (C=O) groups excluding carboxylic acids is 2. The van der Waals surface area contributed by atoms with Gasteiger partial charge in [-0.25, -0.2) is 0 Å². The van der Waals surface area contributed by atoms with Gasteiger partial charge in [0, 0.05) is 22.8 Å². The number of rotatable bonds is 4. The minimum atomic E-state index is -4.46. The zero-order valence-corrected chi connectivity index (χ0v) is 15.6. The Balaban J connectivity index is 2.01. The number of anilines is 1. The highest BCUT2D eigenvalue weighted by Gasteiger charge is 2.30. The zero-order valence-electron chi connectivity index (χ0n) is 14.0. The molecule has 0 saturated carbocycles. The van der Waals surface area contributed by atoms with E-state index in [1.165, 1.54) is 7.05 Å². The van der Waals surface area contributed by atoms with Crippen molar-refractivity contribution in [2.24, 2.45) is 0 Å². The summed E-state index contributed by atoms with van der Waals surface area (Å²) in [6.45, 7) is 1.60. The summed E-state index contributed by atoms with van der Waals surface area (Å²) in [5, 5.41) is 2.70. The summed E-state index contributed by atoms with van der Waals surface area (Å²) in [6.07, 6.45) is -4.46. The lowest BCUT2D eigenvalue weighted by Gasteiger charge is -2.18. The fraction of sp³-hybridized carbons (Fsp3) is 0.222. The van der Waals surface area contributed by atoms with Crippen LogP contribution in [0, 0.1) is 6.92 Å². The Hall–Kier alpha value is -2.35. The summed E-state index contributed by atoms with van der Waals surface area (Å²) in [5.74, 6) is -0.945. The van der Waals surface area contributed by atoms with Crippen LogP contribution in [0.1, 0.15) is 21.5 Å². The fourth-order valence-corrected chi connectivity index (χ4v) is 2.74. The van der Waals surface area contributed by atoms with Crippen molar-refractivity contribution in [2.75, 3.05) is 18.9 Å². The lowest BCUT2D eigenvalue weighted by atomic mass is 10.1. The standard InChI is InChI=1S/C18H16BrF3N2O2/c1-11-9-14(19)7-8-15(11)23-16(25)10-24(2)17(26)12-3-5-13(6-4-12)18(20,21)22/h3-9H,10H2,1-2H3,(H,23,25). The Bertz CT molecular complexity index is 820. The molecule has 0 aliphatic carbocycles. The van der Waals surface area contributed by atoms with Crippen molar-refractivity contribution >= 4 is 33.4 Å². The minimum absolute atomic E-state index is 0.0770. The van der Waals surface area contributed by atoms with E-state index in [9.17, 15) is 22.8 Å². The van der Waals surface area contributed by atoms with Crippen LogP contribution in [-0.4, -0.2) is 30.3 Å². The third-order valence-corrected chi connectivity index (χ3v) is 4.14. The van der Waals surface area contributed by atoms with E-state index in [0.717, 1.165) is 39.2 Å². The number of benzene rings is 2. The summed E-state index contributed by atoms with van der Waals surface area (Å²) in [4.78, 5) is 25.5. The quantitative estimate of drug-likeness (QED) is 0.779. The number of alkyl halides is 3. The molecule has 0 unspecified atom stereocenters. The molecule has 0 spiro atoms. The maximum absolute atomic E-state index is 12.6. The van der Waals surface area contributed by atoms with Crippen molar-refractivity contribution in [1.29, 1.82) is 0 Å². The second-order valence-corrected chi connectivity index (χ2v) is 6.66. The van der Waals surface area contributed by atoms with E-state index < -0.39 is 23.6 Å². The van der Waals surface area contributed by atoms with Gasteiger partial charge in [0.05, 0.1) is 12.1 Å². The molecule has 0 saturated heterocycles. The summed E-state index contributed by atoms with van der Waals surface area (Å²) in [5.41, 5.74) is 0.714. The van der Waals surface area contributed by atoms with Gasteiger partial charge in [0.15, 0.2) is 0 Å². The zero-order chi connectivity index (χ0) is 19.5. The predicted octanol–water partition coefficient (Wildman–Crippen LogP) is 4.49. The molecular weight excluding hydrogens is 413 g/mol. The number of carbonyl (C=O) groups is 2. The number of hydrogen-bond donors (Lipinski definition) is 1. The van der Waals surface area contributed by atoms with Crippen molar-refractivity contribution in [3.05, 3.63) is 63.6 Å². The molecule has 0 heterocycles. The molecule has 8 heteroatoms. The third kappa shape index (κ3) is 5.08. The Morgan fingerprint density at radius 1 is 1.12 bits per heavy atom. The fourth-order valence-electron chi connectivity index (χ4n) is 2.27. The van der Waals surface area contributed by atoms with Crippen LogP contribution in [0.3, 0.4) is 0 Å². The van der Waals surface area contributed by atoms with Gasteiger partial charge in [-0.15, -0.1) is 0 Å². The van der Waals surface area contributed by atoms with Crippen molar-refractivity contribution in [3.8, 4) is 0 Å². The highest BCUT2D eigenvalue weighted by Crippen LogP contribution is 2.29. The first-order valence-electron chi connectivity index (χ1n) is 7.56. The van der Waals surface area contributed by atoms with Gasteiger partial charge in [0.1, 0.15) is 0 Å². The number of amides is 2. The Morgan fingerprint density at radius 3 is 2.27 bits per heavy atom. The van der Waals surface area contributed by atoms with Crippen LogP contribution in [0.5, 0.6) is 0 Å². The number of hydrogen-bond acceptors (Lipinski definition) is 2. The second kappa shape index (κ2) is 7.90. The van der Waals surface area contributed by atoms with Crippen molar-refractivity contribution in [2.45, 2.75) is 13.1 Å². The molecule has 2 aromatic rings. The first kappa shape index (κ1) is 20.0. The van der Waals surface area contributed by atoms with E-state index in [1.54, 1.807) is 12.1 Å². The van der Waals surface area contributed by atoms with E-state index in [2.05, 4.69) is 21.2 Å². The summed E-state index contributed by atoms with van der Waals surface area (Å²) >= 11 is 3.33. The van der Waals surface area contributed by atoms with Crippen LogP contribution in [0.2, 0.25) is 0 Å². The predicted molar refractivity (Wildman–Crippen MR) is 95.9 cm³/mol. The molecule has 4 nitrogen and oxygen atoms in total. The summed E-state index contributed by atoms with van der Waals surface area (Å²) < 4.78 is 38.6. The van der Waals surface area contributed by atoms with Crippen LogP contribution < -0.4 is 5.32 Å². The molecule has 2 aromatic carbocycles. The van der Waals surface area contributed by atoms with Gasteiger partial charge >= 0.3 is 6.18 Å². The molecule has 0 aromatic heterocycles. The van der Waals surface area contributed by atoms with Gasteiger partial charge in [-0.2, -0.15) is 13.2 Å². The molecule has 26 heavy (non-hydrogen) atoms. The molecule has 0 atom stereocenters. The average Bonchev–Trinajstić information content (AvgIpc) is 2.56. The third-order valence-electron chi connectivity index (χ3n) is 3.65. The molecule has 138 valence electrons. The Morgan fingerprint density at radius 2 is 1.73 bits per heavy atom. The maximum atomic E-state index is 12.6. The van der Waals surface area contributed by atoms with Gasteiger partial charge in [-0.1, -0.05) is 15.9 Å². The number of likely N-dealkylation sites (N-methyl/N-ethyl adjacent to an activating group) is 1. The van der Waals surface area contributed by atoms with Gasteiger partial charge in [0.2, 0.25) is 5.91 Å². The molecule has 1 N–H and O–H groups in total. The van der Waals surface area contributed by atoms with Crippen LogP contribution in [-0.2, 0) is 11.0 Å². The second-order valence-electron chi connectivity index (χ2n) is 5.74. The van der Waals surface area contributed by atoms with Crippen molar-refractivity contribution in [3.63, 3.8) is 0 Å². The smallest absolute Gasteiger partial charge is 0.332 e.